The average molecular weight is 335 g/mol. The largest absolute Gasteiger partial charge is 0.508 e. The maximum Gasteiger partial charge on any atom is 0.323 e. The molecule has 0 saturated carbocycles. The van der Waals surface area contributed by atoms with Gasteiger partial charge in [0.2, 0.25) is 0 Å². The number of nitrogens with zero attached hydrogens (tertiary/aromatic N) is 1. The normalized spacial score (nSPS) is 15.8. The van der Waals surface area contributed by atoms with Crippen LogP contribution >= 0.6 is 11.8 Å². The Morgan fingerprint density at radius 2 is 1.96 bits per heavy atom. The molecule has 0 aromatic heterocycles. The van der Waals surface area contributed by atoms with Gasteiger partial charge in [-0.25, -0.2) is 0 Å². The van der Waals surface area contributed by atoms with Gasteiger partial charge in [-0.15, -0.1) is 0 Å². The fourth-order valence-electron chi connectivity index (χ4n) is 2.19. The zero-order valence-electron chi connectivity index (χ0n) is 12.7. The van der Waals surface area contributed by atoms with Crippen molar-refractivity contribution in [3.05, 3.63) is 45.5 Å². The number of phenols is 2. The highest BCUT2D eigenvalue weighted by atomic mass is 32.2. The predicted molar refractivity (Wildman–Crippen MR) is 87.3 cm³/mol. The number of ketones is 1. The summed E-state index contributed by atoms with van der Waals surface area (Å²) in [4.78, 5) is 24.8. The summed E-state index contributed by atoms with van der Waals surface area (Å²) >= 11 is 1.25. The summed E-state index contributed by atoms with van der Waals surface area (Å²) in [5.41, 5.74) is 1.37. The van der Waals surface area contributed by atoms with Gasteiger partial charge in [0, 0.05) is 17.8 Å². The lowest BCUT2D eigenvalue weighted by Crippen LogP contribution is -2.24. The number of carbonyl (C=O) groups excluding carboxylic acids is 1. The van der Waals surface area contributed by atoms with E-state index >= 15 is 0 Å². The van der Waals surface area contributed by atoms with E-state index in [9.17, 15) is 19.8 Å². The number of aliphatic carboxylic acids is 1. The third kappa shape index (κ3) is 3.68. The summed E-state index contributed by atoms with van der Waals surface area (Å²) in [5.74, 6) is -1.81. The van der Waals surface area contributed by atoms with Gasteiger partial charge in [0.15, 0.2) is 5.78 Å². The zero-order valence-corrected chi connectivity index (χ0v) is 13.6. The van der Waals surface area contributed by atoms with Crippen molar-refractivity contribution in [3.8, 4) is 11.5 Å². The number of aryl methyl sites for hydroxylation is 1. The Balaban J connectivity index is 2.33. The molecule has 122 valence electrons. The van der Waals surface area contributed by atoms with Crippen LogP contribution in [0.2, 0.25) is 0 Å². The first-order valence-electron chi connectivity index (χ1n) is 6.97. The van der Waals surface area contributed by atoms with E-state index in [2.05, 4.69) is 0 Å². The Hall–Kier alpha value is -2.41. The highest BCUT2D eigenvalue weighted by Crippen LogP contribution is 2.35. The SMILES string of the molecule is CCc1cc(C(=O)/C=C2\SC=C(C)N2CC(=O)O)c(O)cc1O. The molecule has 2 rings (SSSR count). The Bertz CT molecular complexity index is 723. The molecule has 1 heterocycles. The molecule has 0 aliphatic carbocycles. The number of phenolic OH excluding ortho intramolecular Hbond substituents is 2. The van der Waals surface area contributed by atoms with E-state index in [1.165, 1.54) is 28.8 Å². The number of carboxylic acids is 1. The number of aromatic hydroxyl groups is 2. The van der Waals surface area contributed by atoms with Crippen molar-refractivity contribution in [2.24, 2.45) is 0 Å². The zero-order chi connectivity index (χ0) is 17.1. The van der Waals surface area contributed by atoms with Crippen LogP contribution in [0.4, 0.5) is 0 Å². The molecular formula is C16H17NO5S. The number of hydrogen-bond donors (Lipinski definition) is 3. The molecule has 0 saturated heterocycles. The van der Waals surface area contributed by atoms with E-state index in [0.717, 1.165) is 11.8 Å². The molecule has 6 nitrogen and oxygen atoms in total. The van der Waals surface area contributed by atoms with Gasteiger partial charge in [-0.05, 0) is 30.4 Å². The van der Waals surface area contributed by atoms with Crippen LogP contribution in [-0.4, -0.2) is 38.5 Å². The highest BCUT2D eigenvalue weighted by Gasteiger charge is 2.23. The lowest BCUT2D eigenvalue weighted by molar-refractivity contribution is -0.137. The lowest BCUT2D eigenvalue weighted by Gasteiger charge is -2.18. The minimum Gasteiger partial charge on any atom is -0.508 e. The molecule has 0 radical (unpaired) electrons. The van der Waals surface area contributed by atoms with Crippen LogP contribution in [0.15, 0.2) is 34.3 Å². The molecule has 0 unspecified atom stereocenters. The Morgan fingerprint density at radius 3 is 2.57 bits per heavy atom. The second-order valence-corrected chi connectivity index (χ2v) is 5.95. The van der Waals surface area contributed by atoms with Crippen LogP contribution in [0.25, 0.3) is 0 Å². The number of carboxylic acid groups (broad SMARTS) is 1. The minimum atomic E-state index is -1.00. The quantitative estimate of drug-likeness (QED) is 0.562. The maximum atomic E-state index is 12.4. The van der Waals surface area contributed by atoms with Gasteiger partial charge in [-0.1, -0.05) is 18.7 Å². The van der Waals surface area contributed by atoms with Crippen LogP contribution in [-0.2, 0) is 11.2 Å². The van der Waals surface area contributed by atoms with Crippen LogP contribution in [0.5, 0.6) is 11.5 Å². The Kier molecular flexibility index (Phi) is 5.00. The van der Waals surface area contributed by atoms with Crippen LogP contribution in [0.3, 0.4) is 0 Å². The summed E-state index contributed by atoms with van der Waals surface area (Å²) in [5, 5.41) is 30.8. The van der Waals surface area contributed by atoms with Gasteiger partial charge < -0.3 is 20.2 Å². The molecule has 0 amide bonds. The second-order valence-electron chi connectivity index (χ2n) is 5.06. The van der Waals surface area contributed by atoms with Gasteiger partial charge in [-0.2, -0.15) is 0 Å². The van der Waals surface area contributed by atoms with E-state index in [0.29, 0.717) is 17.0 Å². The van der Waals surface area contributed by atoms with Crippen molar-refractivity contribution in [1.29, 1.82) is 0 Å². The standard InChI is InChI=1S/C16H17NO5S/c1-3-10-4-11(13(19)5-12(10)18)14(20)6-15-17(7-16(21)22)9(2)8-23-15/h4-6,8,18-19H,3,7H2,1-2H3,(H,21,22)/b15-6-. The lowest BCUT2D eigenvalue weighted by atomic mass is 10.0. The van der Waals surface area contributed by atoms with E-state index < -0.39 is 11.8 Å². The number of carbonyl (C=O) groups is 2. The Morgan fingerprint density at radius 1 is 1.26 bits per heavy atom. The maximum absolute atomic E-state index is 12.4. The number of rotatable bonds is 5. The predicted octanol–water partition coefficient (Wildman–Crippen LogP) is 2.68. The number of allylic oxidation sites excluding steroid dienone is 2. The number of hydrogen-bond acceptors (Lipinski definition) is 6. The molecule has 1 aromatic carbocycles. The summed E-state index contributed by atoms with van der Waals surface area (Å²) in [7, 11) is 0. The summed E-state index contributed by atoms with van der Waals surface area (Å²) in [6, 6.07) is 2.59. The topological polar surface area (TPSA) is 98.1 Å². The molecular weight excluding hydrogens is 318 g/mol. The first kappa shape index (κ1) is 17.0. The molecule has 0 atom stereocenters. The molecule has 0 bridgehead atoms. The number of thioether (sulfide) groups is 1. The first-order chi connectivity index (χ1) is 10.8. The van der Waals surface area contributed by atoms with Crippen LogP contribution < -0.4 is 0 Å². The van der Waals surface area contributed by atoms with Gasteiger partial charge in [-0.3, -0.25) is 9.59 Å². The fourth-order valence-corrected chi connectivity index (χ4v) is 3.12. The van der Waals surface area contributed by atoms with Crippen LogP contribution in [0.1, 0.15) is 29.8 Å². The minimum absolute atomic E-state index is 0.0607. The number of benzene rings is 1. The monoisotopic (exact) mass is 335 g/mol. The highest BCUT2D eigenvalue weighted by molar-refractivity contribution is 8.06. The van der Waals surface area contributed by atoms with E-state index in [-0.39, 0.29) is 23.6 Å². The van der Waals surface area contributed by atoms with Gasteiger partial charge >= 0.3 is 5.97 Å². The van der Waals surface area contributed by atoms with E-state index in [1.807, 2.05) is 6.92 Å². The first-order valence-corrected chi connectivity index (χ1v) is 7.85. The average Bonchev–Trinajstić information content (AvgIpc) is 2.79. The van der Waals surface area contributed by atoms with Crippen molar-refractivity contribution in [3.63, 3.8) is 0 Å². The van der Waals surface area contributed by atoms with Crippen molar-refractivity contribution in [2.45, 2.75) is 20.3 Å². The third-order valence-electron chi connectivity index (χ3n) is 3.43. The summed E-state index contributed by atoms with van der Waals surface area (Å²) in [6.45, 7) is 3.35. The van der Waals surface area contributed by atoms with E-state index in [4.69, 9.17) is 5.11 Å². The second kappa shape index (κ2) is 6.78. The van der Waals surface area contributed by atoms with Crippen molar-refractivity contribution in [2.75, 3.05) is 6.54 Å². The van der Waals surface area contributed by atoms with Gasteiger partial charge in [0.05, 0.1) is 10.6 Å². The Labute approximate surface area is 137 Å². The van der Waals surface area contributed by atoms with E-state index in [1.54, 1.807) is 12.3 Å². The van der Waals surface area contributed by atoms with Crippen LogP contribution in [0, 0.1) is 0 Å². The fraction of sp³-hybridized carbons (Fsp3) is 0.250. The van der Waals surface area contributed by atoms with Crippen molar-refractivity contribution in [1.82, 2.24) is 4.90 Å². The molecule has 0 fully saturated rings. The summed E-state index contributed by atoms with van der Waals surface area (Å²) in [6.07, 6.45) is 1.82. The van der Waals surface area contributed by atoms with Gasteiger partial charge in [0.1, 0.15) is 18.0 Å². The molecule has 1 aromatic rings. The molecule has 1 aliphatic heterocycles. The van der Waals surface area contributed by atoms with Crippen molar-refractivity contribution >= 4 is 23.5 Å². The smallest absolute Gasteiger partial charge is 0.323 e. The van der Waals surface area contributed by atoms with Gasteiger partial charge in [0.25, 0.3) is 0 Å². The third-order valence-corrected chi connectivity index (χ3v) is 4.47. The molecule has 1 aliphatic rings. The molecule has 3 N–H and O–H groups in total. The van der Waals surface area contributed by atoms with Crippen molar-refractivity contribution < 1.29 is 24.9 Å². The molecule has 0 spiro atoms. The summed E-state index contributed by atoms with van der Waals surface area (Å²) < 4.78 is 0. The molecule has 23 heavy (non-hydrogen) atoms. The molecule has 7 heteroatoms.